The van der Waals surface area contributed by atoms with E-state index in [0.29, 0.717) is 22.9 Å². The van der Waals surface area contributed by atoms with E-state index in [1.165, 1.54) is 0 Å². The lowest BCUT2D eigenvalue weighted by Crippen LogP contribution is -2.41. The highest BCUT2D eigenvalue weighted by molar-refractivity contribution is 7.91. The first-order valence-electron chi connectivity index (χ1n) is 8.22. The van der Waals surface area contributed by atoms with Gasteiger partial charge in [-0.3, -0.25) is 9.69 Å². The second-order valence-corrected chi connectivity index (χ2v) is 9.05. The predicted octanol–water partition coefficient (Wildman–Crippen LogP) is 1.73. The van der Waals surface area contributed by atoms with Crippen LogP contribution < -0.4 is 5.32 Å². The number of aromatic nitrogens is 1. The highest BCUT2D eigenvalue weighted by Crippen LogP contribution is 2.27. The van der Waals surface area contributed by atoms with Crippen LogP contribution in [0.3, 0.4) is 0 Å². The van der Waals surface area contributed by atoms with Crippen molar-refractivity contribution in [1.29, 1.82) is 0 Å². The Morgan fingerprint density at radius 3 is 2.88 bits per heavy atom. The molecule has 0 bridgehead atoms. The van der Waals surface area contributed by atoms with Gasteiger partial charge in [0.1, 0.15) is 5.69 Å². The van der Waals surface area contributed by atoms with Crippen molar-refractivity contribution in [3.05, 3.63) is 41.0 Å². The van der Waals surface area contributed by atoms with Gasteiger partial charge in [0.25, 0.3) is 0 Å². The third kappa shape index (κ3) is 4.63. The van der Waals surface area contributed by atoms with Gasteiger partial charge in [-0.25, -0.2) is 8.42 Å². The number of sulfone groups is 1. The fourth-order valence-corrected chi connectivity index (χ4v) is 4.94. The monoisotopic (exact) mass is 397 g/mol. The van der Waals surface area contributed by atoms with Gasteiger partial charge >= 0.3 is 0 Å². The van der Waals surface area contributed by atoms with Gasteiger partial charge in [-0.1, -0.05) is 28.9 Å². The average molecular weight is 398 g/mol. The summed E-state index contributed by atoms with van der Waals surface area (Å²) in [7, 11) is -1.20. The third-order valence-corrected chi connectivity index (χ3v) is 6.47. The van der Waals surface area contributed by atoms with Crippen molar-refractivity contribution in [2.24, 2.45) is 0 Å². The second kappa shape index (κ2) is 7.77. The molecule has 26 heavy (non-hydrogen) atoms. The Hall–Kier alpha value is -1.90. The van der Waals surface area contributed by atoms with Gasteiger partial charge in [-0.2, -0.15) is 0 Å². The summed E-state index contributed by atoms with van der Waals surface area (Å²) in [6, 6.07) is 8.90. The van der Waals surface area contributed by atoms with Crippen molar-refractivity contribution >= 4 is 27.3 Å². The van der Waals surface area contributed by atoms with Crippen LogP contribution in [-0.2, 0) is 21.2 Å². The summed E-state index contributed by atoms with van der Waals surface area (Å²) in [5, 5.41) is 7.27. The highest BCUT2D eigenvalue weighted by Gasteiger charge is 2.31. The average Bonchev–Trinajstić information content (AvgIpc) is 3.20. The van der Waals surface area contributed by atoms with Crippen LogP contribution in [0, 0.1) is 0 Å². The summed E-state index contributed by atoms with van der Waals surface area (Å²) in [5.41, 5.74) is 1.32. The largest absolute Gasteiger partial charge is 0.356 e. The van der Waals surface area contributed by atoms with Gasteiger partial charge in [0.2, 0.25) is 5.91 Å². The Bertz CT molecular complexity index is 897. The molecule has 9 heteroatoms. The molecule has 1 amide bonds. The number of hydrogen-bond acceptors (Lipinski definition) is 6. The molecule has 1 aromatic carbocycles. The first-order valence-corrected chi connectivity index (χ1v) is 10.4. The number of halogens is 1. The lowest BCUT2D eigenvalue weighted by atomic mass is 10.1. The minimum Gasteiger partial charge on any atom is -0.356 e. The van der Waals surface area contributed by atoms with E-state index in [1.54, 1.807) is 24.1 Å². The number of carbonyl (C=O) groups excluding carboxylic acids is 1. The van der Waals surface area contributed by atoms with E-state index >= 15 is 0 Å². The van der Waals surface area contributed by atoms with Crippen LogP contribution in [0.25, 0.3) is 11.3 Å². The molecule has 1 N–H and O–H groups in total. The molecular weight excluding hydrogens is 378 g/mol. The van der Waals surface area contributed by atoms with E-state index in [1.807, 2.05) is 18.2 Å². The number of rotatable bonds is 6. The summed E-state index contributed by atoms with van der Waals surface area (Å²) in [5.74, 6) is 0.640. The number of amides is 1. The Morgan fingerprint density at radius 1 is 1.42 bits per heavy atom. The molecule has 1 aliphatic heterocycles. The molecule has 1 fully saturated rings. The van der Waals surface area contributed by atoms with E-state index in [-0.39, 0.29) is 36.5 Å². The van der Waals surface area contributed by atoms with E-state index in [2.05, 4.69) is 10.5 Å². The third-order valence-electron chi connectivity index (χ3n) is 4.39. The zero-order chi connectivity index (χ0) is 18.7. The van der Waals surface area contributed by atoms with E-state index in [4.69, 9.17) is 16.1 Å². The second-order valence-electron chi connectivity index (χ2n) is 6.41. The lowest BCUT2D eigenvalue weighted by molar-refractivity contribution is -0.122. The van der Waals surface area contributed by atoms with Crippen molar-refractivity contribution in [2.75, 3.05) is 25.1 Å². The van der Waals surface area contributed by atoms with Crippen LogP contribution >= 0.6 is 11.6 Å². The zero-order valence-electron chi connectivity index (χ0n) is 14.3. The molecule has 140 valence electrons. The molecule has 0 saturated carbocycles. The van der Waals surface area contributed by atoms with Crippen LogP contribution in [0.15, 0.2) is 34.9 Å². The Balaban J connectivity index is 1.52. The first kappa shape index (κ1) is 18.9. The summed E-state index contributed by atoms with van der Waals surface area (Å²) in [4.78, 5) is 13.9. The lowest BCUT2D eigenvalue weighted by Gasteiger charge is -2.22. The molecular formula is C17H20ClN3O4S. The van der Waals surface area contributed by atoms with Crippen LogP contribution in [-0.4, -0.2) is 55.5 Å². The van der Waals surface area contributed by atoms with E-state index in [0.717, 1.165) is 5.56 Å². The molecule has 3 rings (SSSR count). The van der Waals surface area contributed by atoms with E-state index in [9.17, 15) is 13.2 Å². The molecule has 1 aliphatic rings. The normalized spacial score (nSPS) is 19.0. The van der Waals surface area contributed by atoms with Gasteiger partial charge in [0.15, 0.2) is 15.6 Å². The minimum absolute atomic E-state index is 0.107. The van der Waals surface area contributed by atoms with Crippen LogP contribution in [0.2, 0.25) is 5.02 Å². The molecule has 1 unspecified atom stereocenters. The van der Waals surface area contributed by atoms with E-state index < -0.39 is 9.84 Å². The Kier molecular flexibility index (Phi) is 5.64. The minimum atomic E-state index is -2.97. The highest BCUT2D eigenvalue weighted by atomic mass is 35.5. The molecule has 1 saturated heterocycles. The van der Waals surface area contributed by atoms with Crippen LogP contribution in [0.5, 0.6) is 0 Å². The molecule has 0 aliphatic carbocycles. The molecule has 2 aromatic rings. The Labute approximate surface area is 157 Å². The van der Waals surface area contributed by atoms with Crippen LogP contribution in [0.1, 0.15) is 12.1 Å². The number of nitrogens with zero attached hydrogens (tertiary/aromatic N) is 2. The maximum Gasteiger partial charge on any atom is 0.234 e. The number of benzene rings is 1. The number of likely N-dealkylation sites (N-methyl/N-ethyl adjacent to an activating group) is 1. The summed E-state index contributed by atoms with van der Waals surface area (Å²) < 4.78 is 28.3. The molecule has 1 aromatic heterocycles. The molecule has 0 spiro atoms. The maximum atomic E-state index is 12.1. The fourth-order valence-electron chi connectivity index (χ4n) is 2.91. The van der Waals surface area contributed by atoms with Crippen molar-refractivity contribution in [1.82, 2.24) is 15.4 Å². The molecule has 1 atom stereocenters. The van der Waals surface area contributed by atoms with Crippen molar-refractivity contribution in [2.45, 2.75) is 19.0 Å². The predicted molar refractivity (Wildman–Crippen MR) is 98.5 cm³/mol. The molecule has 7 nitrogen and oxygen atoms in total. The quantitative estimate of drug-likeness (QED) is 0.798. The summed E-state index contributed by atoms with van der Waals surface area (Å²) in [6.07, 6.45) is 0.566. The standard InChI is InChI=1S/C17H20ClN3O4S/c1-21(13-6-7-26(23,24)11-13)10-17(22)19-9-12-8-16(25-20-12)14-4-2-3-5-15(14)18/h2-5,8,13H,6-7,9-11H2,1H3,(H,19,22). The van der Waals surface area contributed by atoms with Gasteiger partial charge in [-0.05, 0) is 25.6 Å². The first-order chi connectivity index (χ1) is 12.3. The van der Waals surface area contributed by atoms with Crippen molar-refractivity contribution in [3.8, 4) is 11.3 Å². The number of hydrogen-bond donors (Lipinski definition) is 1. The molecule has 2 heterocycles. The summed E-state index contributed by atoms with van der Waals surface area (Å²) in [6.45, 7) is 0.360. The summed E-state index contributed by atoms with van der Waals surface area (Å²) >= 11 is 6.13. The van der Waals surface area contributed by atoms with Gasteiger partial charge in [0, 0.05) is 17.7 Å². The van der Waals surface area contributed by atoms with Gasteiger partial charge in [-0.15, -0.1) is 0 Å². The van der Waals surface area contributed by atoms with Gasteiger partial charge in [0.05, 0.1) is 29.6 Å². The van der Waals surface area contributed by atoms with Crippen LogP contribution in [0.4, 0.5) is 0 Å². The van der Waals surface area contributed by atoms with Gasteiger partial charge < -0.3 is 9.84 Å². The molecule has 0 radical (unpaired) electrons. The number of carbonyl (C=O) groups is 1. The Morgan fingerprint density at radius 2 is 2.19 bits per heavy atom. The number of nitrogens with one attached hydrogen (secondary N) is 1. The van der Waals surface area contributed by atoms with Crippen molar-refractivity contribution in [3.63, 3.8) is 0 Å². The SMILES string of the molecule is CN(CC(=O)NCc1cc(-c2ccccc2Cl)on1)C1CCS(=O)(=O)C1. The van der Waals surface area contributed by atoms with Crippen molar-refractivity contribution < 1.29 is 17.7 Å². The topological polar surface area (TPSA) is 92.5 Å². The maximum absolute atomic E-state index is 12.1. The zero-order valence-corrected chi connectivity index (χ0v) is 15.9. The fraction of sp³-hybridized carbons (Fsp3) is 0.412. The smallest absolute Gasteiger partial charge is 0.234 e.